The molecule has 1 saturated heterocycles. The van der Waals surface area contributed by atoms with E-state index in [-0.39, 0.29) is 5.43 Å². The molecule has 2 aromatic rings. The number of rotatable bonds is 2. The maximum absolute atomic E-state index is 12.7. The van der Waals surface area contributed by atoms with Crippen LogP contribution in [0.3, 0.4) is 0 Å². The number of ether oxygens (including phenoxy) is 1. The van der Waals surface area contributed by atoms with Crippen molar-refractivity contribution in [3.63, 3.8) is 0 Å². The Hall–Kier alpha value is -1.65. The van der Waals surface area contributed by atoms with E-state index in [0.717, 1.165) is 60.6 Å². The van der Waals surface area contributed by atoms with Gasteiger partial charge in [-0.15, -0.1) is 0 Å². The number of pyridine rings is 1. The van der Waals surface area contributed by atoms with Crippen LogP contribution in [0.1, 0.15) is 16.8 Å². The van der Waals surface area contributed by atoms with E-state index in [4.69, 9.17) is 4.74 Å². The van der Waals surface area contributed by atoms with Gasteiger partial charge < -0.3 is 14.6 Å². The lowest BCUT2D eigenvalue weighted by Crippen LogP contribution is -3.13. The summed E-state index contributed by atoms with van der Waals surface area (Å²) in [6.07, 6.45) is 0. The molecule has 1 fully saturated rings. The summed E-state index contributed by atoms with van der Waals surface area (Å²) >= 11 is 0. The largest absolute Gasteiger partial charge is 0.370 e. The Balaban J connectivity index is 2.04. The van der Waals surface area contributed by atoms with E-state index in [1.54, 1.807) is 0 Å². The molecule has 0 unspecified atom stereocenters. The van der Waals surface area contributed by atoms with Gasteiger partial charge >= 0.3 is 0 Å². The van der Waals surface area contributed by atoms with Crippen molar-refractivity contribution in [1.82, 2.24) is 4.98 Å². The molecule has 0 atom stereocenters. The van der Waals surface area contributed by atoms with E-state index in [1.165, 1.54) is 4.90 Å². The van der Waals surface area contributed by atoms with Gasteiger partial charge in [-0.25, -0.2) is 0 Å². The van der Waals surface area contributed by atoms with Crippen molar-refractivity contribution in [3.8, 4) is 0 Å². The summed E-state index contributed by atoms with van der Waals surface area (Å²) in [5, 5.41) is 0.804. The van der Waals surface area contributed by atoms with Crippen LogP contribution in [0.2, 0.25) is 0 Å². The van der Waals surface area contributed by atoms with Crippen LogP contribution in [-0.2, 0) is 11.3 Å². The highest BCUT2D eigenvalue weighted by Crippen LogP contribution is 2.14. The van der Waals surface area contributed by atoms with Crippen LogP contribution in [-0.4, -0.2) is 31.3 Å². The predicted molar refractivity (Wildman–Crippen MR) is 79.3 cm³/mol. The van der Waals surface area contributed by atoms with Crippen molar-refractivity contribution in [2.24, 2.45) is 0 Å². The zero-order chi connectivity index (χ0) is 14.1. The van der Waals surface area contributed by atoms with Crippen LogP contribution >= 0.6 is 0 Å². The van der Waals surface area contributed by atoms with Gasteiger partial charge in [0, 0.05) is 11.1 Å². The fraction of sp³-hybridized carbons (Fsp3) is 0.438. The number of quaternary nitrogens is 1. The predicted octanol–water partition coefficient (Wildman–Crippen LogP) is 0.560. The molecule has 0 bridgehead atoms. The summed E-state index contributed by atoms with van der Waals surface area (Å²) in [4.78, 5) is 17.6. The fourth-order valence-electron chi connectivity index (χ4n) is 2.92. The maximum atomic E-state index is 12.7. The number of fused-ring (bicyclic) bond motifs is 1. The number of hydrogen-bond donors (Lipinski definition) is 2. The van der Waals surface area contributed by atoms with Gasteiger partial charge in [0.05, 0.1) is 24.3 Å². The minimum atomic E-state index is 0.180. The van der Waals surface area contributed by atoms with Crippen LogP contribution in [0.25, 0.3) is 10.9 Å². The summed E-state index contributed by atoms with van der Waals surface area (Å²) in [7, 11) is 0. The molecular formula is C16H21N2O2+. The number of morpholine rings is 1. The van der Waals surface area contributed by atoms with E-state index in [0.29, 0.717) is 0 Å². The molecule has 1 aromatic carbocycles. The Morgan fingerprint density at radius 3 is 2.75 bits per heavy atom. The van der Waals surface area contributed by atoms with Crippen LogP contribution in [0.15, 0.2) is 23.0 Å². The standard InChI is InChI=1S/C16H20N2O2/c1-11-4-3-5-13-15(11)17-12(2)14(16(13)19)10-18-6-8-20-9-7-18/h3-5H,6-10H2,1-2H3,(H,17,19)/p+1. The number of nitrogens with one attached hydrogen (secondary N) is 2. The number of hydrogen-bond acceptors (Lipinski definition) is 2. The minimum absolute atomic E-state index is 0.180. The van der Waals surface area contributed by atoms with Gasteiger partial charge in [0.2, 0.25) is 0 Å². The van der Waals surface area contributed by atoms with Crippen molar-refractivity contribution >= 4 is 10.9 Å². The molecule has 0 spiro atoms. The van der Waals surface area contributed by atoms with E-state index in [2.05, 4.69) is 4.98 Å². The highest BCUT2D eigenvalue weighted by atomic mass is 16.5. The van der Waals surface area contributed by atoms with Gasteiger partial charge in [0.15, 0.2) is 5.43 Å². The molecule has 0 radical (unpaired) electrons. The molecule has 0 saturated carbocycles. The van der Waals surface area contributed by atoms with Gasteiger partial charge in [0.1, 0.15) is 19.6 Å². The molecule has 20 heavy (non-hydrogen) atoms. The molecule has 2 N–H and O–H groups in total. The monoisotopic (exact) mass is 273 g/mol. The smallest absolute Gasteiger partial charge is 0.198 e. The summed E-state index contributed by atoms with van der Waals surface area (Å²) in [6.45, 7) is 8.36. The Kier molecular flexibility index (Phi) is 3.59. The first-order valence-corrected chi connectivity index (χ1v) is 7.19. The lowest BCUT2D eigenvalue weighted by Gasteiger charge is -2.24. The van der Waals surface area contributed by atoms with E-state index < -0.39 is 0 Å². The van der Waals surface area contributed by atoms with E-state index in [9.17, 15) is 4.79 Å². The van der Waals surface area contributed by atoms with Gasteiger partial charge in [-0.1, -0.05) is 12.1 Å². The highest BCUT2D eigenvalue weighted by Gasteiger charge is 2.19. The third kappa shape index (κ3) is 2.37. The van der Waals surface area contributed by atoms with Crippen LogP contribution < -0.4 is 10.3 Å². The minimum Gasteiger partial charge on any atom is -0.370 e. The van der Waals surface area contributed by atoms with E-state index >= 15 is 0 Å². The fourth-order valence-corrected chi connectivity index (χ4v) is 2.92. The first-order chi connectivity index (χ1) is 9.66. The number of aromatic amines is 1. The van der Waals surface area contributed by atoms with Crippen LogP contribution in [0.4, 0.5) is 0 Å². The average molecular weight is 273 g/mol. The zero-order valence-electron chi connectivity index (χ0n) is 12.1. The highest BCUT2D eigenvalue weighted by molar-refractivity contribution is 5.82. The Labute approximate surface area is 118 Å². The second kappa shape index (κ2) is 5.38. The lowest BCUT2D eigenvalue weighted by atomic mass is 10.1. The Morgan fingerprint density at radius 2 is 2.00 bits per heavy atom. The van der Waals surface area contributed by atoms with E-state index in [1.807, 2.05) is 32.0 Å². The maximum Gasteiger partial charge on any atom is 0.198 e. The molecular weight excluding hydrogens is 252 g/mol. The van der Waals surface area contributed by atoms with Crippen molar-refractivity contribution in [1.29, 1.82) is 0 Å². The van der Waals surface area contributed by atoms with Crippen molar-refractivity contribution < 1.29 is 9.64 Å². The van der Waals surface area contributed by atoms with Gasteiger partial charge in [-0.05, 0) is 25.5 Å². The molecule has 4 heteroatoms. The van der Waals surface area contributed by atoms with Crippen molar-refractivity contribution in [2.45, 2.75) is 20.4 Å². The summed E-state index contributed by atoms with van der Waals surface area (Å²) in [5.74, 6) is 0. The molecule has 4 nitrogen and oxygen atoms in total. The number of H-pyrrole nitrogens is 1. The summed E-state index contributed by atoms with van der Waals surface area (Å²) in [5.41, 5.74) is 4.18. The van der Waals surface area contributed by atoms with Crippen LogP contribution in [0.5, 0.6) is 0 Å². The normalized spacial score (nSPS) is 16.7. The third-order valence-corrected chi connectivity index (χ3v) is 4.18. The van der Waals surface area contributed by atoms with Crippen LogP contribution in [0, 0.1) is 13.8 Å². The van der Waals surface area contributed by atoms with Gasteiger partial charge in [-0.2, -0.15) is 0 Å². The number of aromatic nitrogens is 1. The second-order valence-corrected chi connectivity index (χ2v) is 5.59. The molecule has 1 aromatic heterocycles. The number of aryl methyl sites for hydroxylation is 2. The first-order valence-electron chi connectivity index (χ1n) is 7.19. The first kappa shape index (κ1) is 13.3. The molecule has 0 amide bonds. The molecule has 1 aliphatic heterocycles. The van der Waals surface area contributed by atoms with Gasteiger partial charge in [0.25, 0.3) is 0 Å². The number of para-hydroxylation sites is 1. The Bertz CT molecular complexity index is 685. The molecule has 0 aliphatic carbocycles. The zero-order valence-corrected chi connectivity index (χ0v) is 12.1. The average Bonchev–Trinajstić information content (AvgIpc) is 2.46. The topological polar surface area (TPSA) is 46.5 Å². The molecule has 1 aliphatic rings. The second-order valence-electron chi connectivity index (χ2n) is 5.59. The summed E-state index contributed by atoms with van der Waals surface area (Å²) in [6, 6.07) is 5.90. The molecule has 2 heterocycles. The Morgan fingerprint density at radius 1 is 1.25 bits per heavy atom. The quantitative estimate of drug-likeness (QED) is 0.840. The third-order valence-electron chi connectivity index (χ3n) is 4.18. The number of benzene rings is 1. The molecule has 106 valence electrons. The molecule has 3 rings (SSSR count). The lowest BCUT2D eigenvalue weighted by molar-refractivity contribution is -0.921. The van der Waals surface area contributed by atoms with Crippen molar-refractivity contribution in [2.75, 3.05) is 26.3 Å². The SMILES string of the molecule is Cc1[nH]c2c(C)cccc2c(=O)c1C[NH+]1CCOCC1. The van der Waals surface area contributed by atoms with Crippen molar-refractivity contribution in [3.05, 3.63) is 45.2 Å². The van der Waals surface area contributed by atoms with Gasteiger partial charge in [-0.3, -0.25) is 4.79 Å². The summed E-state index contributed by atoms with van der Waals surface area (Å²) < 4.78 is 5.38.